The minimum atomic E-state index is -2.28. The van der Waals surface area contributed by atoms with Crippen molar-refractivity contribution in [2.75, 3.05) is 54.1 Å². The average Bonchev–Trinajstić information content (AvgIpc) is 2.74. The Kier molecular flexibility index (Phi) is 9.93. The molecule has 9 heteroatoms. The van der Waals surface area contributed by atoms with Crippen molar-refractivity contribution < 1.29 is 23.0 Å². The summed E-state index contributed by atoms with van der Waals surface area (Å²) in [6.07, 6.45) is -0.00538. The second-order valence-electron chi connectivity index (χ2n) is 7.13. The molecule has 2 rings (SSSR count). The van der Waals surface area contributed by atoms with E-state index in [9.17, 15) is 8.78 Å². The Bertz CT molecular complexity index is 655. The van der Waals surface area contributed by atoms with Gasteiger partial charge in [-0.1, -0.05) is 0 Å². The van der Waals surface area contributed by atoms with Crippen LogP contribution in [0.2, 0.25) is 0 Å². The summed E-state index contributed by atoms with van der Waals surface area (Å²) >= 11 is 0. The average molecular weight is 429 g/mol. The van der Waals surface area contributed by atoms with Crippen molar-refractivity contribution >= 4 is 5.96 Å². The van der Waals surface area contributed by atoms with Crippen molar-refractivity contribution in [3.05, 3.63) is 17.7 Å². The van der Waals surface area contributed by atoms with Gasteiger partial charge in [-0.2, -0.15) is 0 Å². The van der Waals surface area contributed by atoms with Crippen molar-refractivity contribution in [1.82, 2.24) is 15.5 Å². The van der Waals surface area contributed by atoms with Crippen LogP contribution >= 0.6 is 0 Å². The Morgan fingerprint density at radius 1 is 1.13 bits per heavy atom. The van der Waals surface area contributed by atoms with E-state index in [1.807, 2.05) is 24.0 Å². The monoisotopic (exact) mass is 428 g/mol. The van der Waals surface area contributed by atoms with Crippen LogP contribution in [0.1, 0.15) is 25.3 Å². The molecule has 170 valence electrons. The molecule has 0 aromatic heterocycles. The highest BCUT2D eigenvalue weighted by Crippen LogP contribution is 2.34. The van der Waals surface area contributed by atoms with Crippen LogP contribution in [0.4, 0.5) is 8.78 Å². The summed E-state index contributed by atoms with van der Waals surface area (Å²) in [6, 6.07) is 3.89. The van der Waals surface area contributed by atoms with Crippen molar-refractivity contribution in [2.24, 2.45) is 4.99 Å². The molecule has 0 saturated carbocycles. The number of hydrogen-bond donors (Lipinski definition) is 2. The minimum Gasteiger partial charge on any atom is -0.496 e. The second kappa shape index (κ2) is 12.4. The third-order valence-electron chi connectivity index (χ3n) is 5.12. The lowest BCUT2D eigenvalue weighted by Gasteiger charge is -2.32. The van der Waals surface area contributed by atoms with Gasteiger partial charge in [-0.05, 0) is 26.2 Å². The smallest absolute Gasteiger partial charge is 0.251 e. The van der Waals surface area contributed by atoms with E-state index in [0.29, 0.717) is 43.3 Å². The van der Waals surface area contributed by atoms with Crippen molar-refractivity contribution in [1.29, 1.82) is 0 Å². The minimum absolute atomic E-state index is 0.146. The van der Waals surface area contributed by atoms with Crippen LogP contribution < -0.4 is 24.8 Å². The Hall–Kier alpha value is -2.29. The number of alkyl halides is 2. The number of nitrogens with zero attached hydrogens (tertiary/aromatic N) is 2. The van der Waals surface area contributed by atoms with Crippen LogP contribution in [0.5, 0.6) is 17.2 Å². The lowest BCUT2D eigenvalue weighted by molar-refractivity contribution is 0.0744. The Morgan fingerprint density at radius 2 is 1.77 bits per heavy atom. The normalized spacial score (nSPS) is 15.9. The number of hydrogen-bond acceptors (Lipinski definition) is 5. The maximum absolute atomic E-state index is 12.5. The fourth-order valence-corrected chi connectivity index (χ4v) is 3.57. The molecule has 1 heterocycles. The summed E-state index contributed by atoms with van der Waals surface area (Å²) in [5.74, 6) is 2.80. The predicted molar refractivity (Wildman–Crippen MR) is 114 cm³/mol. The number of methoxy groups -OCH3 is 3. The standard InChI is InChI=1S/C21H34F2N4O3/c1-5-24-21(26-15-7-10-27(11-8-15)14-20(22)23)25-9-6-17-18(29-3)12-16(28-2)13-19(17)30-4/h12-13,15,20H,5-11,14H2,1-4H3,(H2,24,25,26). The number of rotatable bonds is 10. The number of aliphatic imine (C=N–C) groups is 1. The number of ether oxygens (including phenoxy) is 3. The van der Waals surface area contributed by atoms with Crippen LogP contribution in [0.3, 0.4) is 0 Å². The SMILES string of the molecule is CCNC(=NCCc1c(OC)cc(OC)cc1OC)NC1CCN(CC(F)F)CC1. The van der Waals surface area contributed by atoms with Gasteiger partial charge in [-0.25, -0.2) is 8.78 Å². The molecule has 1 aromatic rings. The van der Waals surface area contributed by atoms with E-state index in [4.69, 9.17) is 14.2 Å². The summed E-state index contributed by atoms with van der Waals surface area (Å²) in [6.45, 7) is 4.48. The molecule has 0 amide bonds. The summed E-state index contributed by atoms with van der Waals surface area (Å²) in [5, 5.41) is 6.69. The van der Waals surface area contributed by atoms with E-state index in [0.717, 1.165) is 30.9 Å². The van der Waals surface area contributed by atoms with Gasteiger partial charge in [0.05, 0.1) is 27.9 Å². The fraction of sp³-hybridized carbons (Fsp3) is 0.667. The molecule has 0 radical (unpaired) electrons. The lowest BCUT2D eigenvalue weighted by atomic mass is 10.1. The van der Waals surface area contributed by atoms with Gasteiger partial charge in [0.15, 0.2) is 5.96 Å². The summed E-state index contributed by atoms with van der Waals surface area (Å²) in [5.41, 5.74) is 0.931. The molecule has 7 nitrogen and oxygen atoms in total. The van der Waals surface area contributed by atoms with Crippen molar-refractivity contribution in [3.8, 4) is 17.2 Å². The molecule has 0 aliphatic carbocycles. The highest BCUT2D eigenvalue weighted by atomic mass is 19.3. The van der Waals surface area contributed by atoms with Crippen LogP contribution in [-0.2, 0) is 6.42 Å². The first kappa shape index (κ1) is 24.0. The molecule has 1 saturated heterocycles. The topological polar surface area (TPSA) is 67.4 Å². The van der Waals surface area contributed by atoms with E-state index >= 15 is 0 Å². The number of guanidine groups is 1. The van der Waals surface area contributed by atoms with Gasteiger partial charge in [0.1, 0.15) is 17.2 Å². The van der Waals surface area contributed by atoms with E-state index in [1.54, 1.807) is 21.3 Å². The number of likely N-dealkylation sites (tertiary alicyclic amines) is 1. The van der Waals surface area contributed by atoms with Crippen molar-refractivity contribution in [2.45, 2.75) is 38.7 Å². The molecule has 30 heavy (non-hydrogen) atoms. The first-order chi connectivity index (χ1) is 14.5. The molecule has 0 unspecified atom stereocenters. The molecular formula is C21H34F2N4O3. The predicted octanol–water partition coefficient (Wildman–Crippen LogP) is 2.54. The highest BCUT2D eigenvalue weighted by molar-refractivity contribution is 5.80. The van der Waals surface area contributed by atoms with Crippen molar-refractivity contribution in [3.63, 3.8) is 0 Å². The van der Waals surface area contributed by atoms with Gasteiger partial charge in [-0.3, -0.25) is 9.89 Å². The van der Waals surface area contributed by atoms with Crippen LogP contribution in [-0.4, -0.2) is 77.4 Å². The number of piperidine rings is 1. The molecule has 1 aromatic carbocycles. The zero-order chi connectivity index (χ0) is 21.9. The van der Waals surface area contributed by atoms with Gasteiger partial charge < -0.3 is 24.8 Å². The van der Waals surface area contributed by atoms with Gasteiger partial charge in [0, 0.05) is 49.9 Å². The number of halogens is 2. The Morgan fingerprint density at radius 3 is 2.27 bits per heavy atom. The molecule has 0 atom stereocenters. The van der Waals surface area contributed by atoms with E-state index in [1.165, 1.54) is 0 Å². The fourth-order valence-electron chi connectivity index (χ4n) is 3.57. The maximum Gasteiger partial charge on any atom is 0.251 e. The van der Waals surface area contributed by atoms with Gasteiger partial charge in [0.25, 0.3) is 6.43 Å². The Balaban J connectivity index is 1.97. The van der Waals surface area contributed by atoms with E-state index < -0.39 is 6.43 Å². The van der Waals surface area contributed by atoms with Crippen LogP contribution in [0.15, 0.2) is 17.1 Å². The molecule has 1 aliphatic rings. The zero-order valence-corrected chi connectivity index (χ0v) is 18.3. The quantitative estimate of drug-likeness (QED) is 0.441. The third kappa shape index (κ3) is 7.19. The molecule has 0 spiro atoms. The molecule has 2 N–H and O–H groups in total. The summed E-state index contributed by atoms with van der Waals surface area (Å²) < 4.78 is 41.4. The number of benzene rings is 1. The zero-order valence-electron chi connectivity index (χ0n) is 18.3. The van der Waals surface area contributed by atoms with E-state index in [2.05, 4.69) is 15.6 Å². The first-order valence-corrected chi connectivity index (χ1v) is 10.3. The van der Waals surface area contributed by atoms with Gasteiger partial charge >= 0.3 is 0 Å². The van der Waals surface area contributed by atoms with Crippen LogP contribution in [0, 0.1) is 0 Å². The largest absolute Gasteiger partial charge is 0.496 e. The first-order valence-electron chi connectivity index (χ1n) is 10.3. The highest BCUT2D eigenvalue weighted by Gasteiger charge is 2.22. The molecular weight excluding hydrogens is 394 g/mol. The molecule has 1 aliphatic heterocycles. The molecule has 0 bridgehead atoms. The molecule has 1 fully saturated rings. The van der Waals surface area contributed by atoms with E-state index in [-0.39, 0.29) is 12.6 Å². The van der Waals surface area contributed by atoms with Gasteiger partial charge in [0.2, 0.25) is 0 Å². The second-order valence-corrected chi connectivity index (χ2v) is 7.13. The van der Waals surface area contributed by atoms with Gasteiger partial charge in [-0.15, -0.1) is 0 Å². The van der Waals surface area contributed by atoms with Crippen LogP contribution in [0.25, 0.3) is 0 Å². The Labute approximate surface area is 177 Å². The lowest BCUT2D eigenvalue weighted by Crippen LogP contribution is -2.49. The third-order valence-corrected chi connectivity index (χ3v) is 5.12. The summed E-state index contributed by atoms with van der Waals surface area (Å²) in [4.78, 5) is 6.50. The summed E-state index contributed by atoms with van der Waals surface area (Å²) in [7, 11) is 4.84. The maximum atomic E-state index is 12.5. The number of nitrogens with one attached hydrogen (secondary N) is 2.